The van der Waals surface area contributed by atoms with Gasteiger partial charge in [0, 0.05) is 12.6 Å². The number of hydrogen-bond acceptors (Lipinski definition) is 6. The van der Waals surface area contributed by atoms with E-state index in [-0.39, 0.29) is 27.9 Å². The topological polar surface area (TPSA) is 83.1 Å². The van der Waals surface area contributed by atoms with Crippen molar-refractivity contribution in [2.75, 3.05) is 20.2 Å². The number of hydrogen-bond donors (Lipinski definition) is 2. The third-order valence-electron chi connectivity index (χ3n) is 5.34. The molecule has 6 heteroatoms. The number of aromatic hydroxyl groups is 2. The highest BCUT2D eigenvalue weighted by Crippen LogP contribution is 2.35. The summed E-state index contributed by atoms with van der Waals surface area (Å²) in [5.74, 6) is 0.348. The first-order chi connectivity index (χ1) is 13.6. The van der Waals surface area contributed by atoms with Crippen LogP contribution in [0.4, 0.5) is 0 Å². The van der Waals surface area contributed by atoms with Crippen molar-refractivity contribution >= 4 is 11.0 Å². The number of phenols is 2. The summed E-state index contributed by atoms with van der Waals surface area (Å²) in [4.78, 5) is 15.3. The Labute approximate surface area is 162 Å². The van der Waals surface area contributed by atoms with E-state index in [4.69, 9.17) is 9.15 Å². The van der Waals surface area contributed by atoms with Gasteiger partial charge in [-0.3, -0.25) is 9.69 Å². The van der Waals surface area contributed by atoms with E-state index >= 15 is 0 Å². The molecule has 0 aliphatic carbocycles. The molecular formula is C22H23NO5. The van der Waals surface area contributed by atoms with Gasteiger partial charge in [0.1, 0.15) is 34.5 Å². The van der Waals surface area contributed by atoms with E-state index in [1.807, 2.05) is 0 Å². The van der Waals surface area contributed by atoms with Crippen LogP contribution in [0.15, 0.2) is 45.8 Å². The number of rotatable bonds is 4. The van der Waals surface area contributed by atoms with Crippen molar-refractivity contribution in [3.8, 4) is 28.4 Å². The van der Waals surface area contributed by atoms with Crippen LogP contribution in [0, 0.1) is 0 Å². The number of likely N-dealkylation sites (tertiary alicyclic amines) is 1. The molecule has 1 saturated heterocycles. The summed E-state index contributed by atoms with van der Waals surface area (Å²) >= 11 is 0. The highest BCUT2D eigenvalue weighted by Gasteiger charge is 2.21. The number of fused-ring (bicyclic) bond motifs is 1. The largest absolute Gasteiger partial charge is 0.507 e. The fourth-order valence-electron chi connectivity index (χ4n) is 3.79. The zero-order valence-corrected chi connectivity index (χ0v) is 15.8. The number of nitrogens with zero attached hydrogens (tertiary/aromatic N) is 1. The predicted octanol–water partition coefficient (Wildman–Crippen LogP) is 3.87. The average molecular weight is 381 g/mol. The molecular weight excluding hydrogens is 358 g/mol. The van der Waals surface area contributed by atoms with E-state index in [1.54, 1.807) is 31.4 Å². The normalized spacial score (nSPS) is 15.0. The van der Waals surface area contributed by atoms with Gasteiger partial charge in [-0.05, 0) is 43.6 Å². The fourth-order valence-corrected chi connectivity index (χ4v) is 3.79. The third kappa shape index (κ3) is 3.31. The molecule has 3 aromatic rings. The van der Waals surface area contributed by atoms with Crippen LogP contribution in [-0.4, -0.2) is 35.3 Å². The lowest BCUT2D eigenvalue weighted by molar-refractivity contribution is 0.218. The monoisotopic (exact) mass is 381 g/mol. The first-order valence-electron chi connectivity index (χ1n) is 9.44. The summed E-state index contributed by atoms with van der Waals surface area (Å²) in [6.07, 6.45) is 4.83. The van der Waals surface area contributed by atoms with E-state index in [1.165, 1.54) is 18.8 Å². The van der Waals surface area contributed by atoms with Crippen LogP contribution in [0.1, 0.15) is 24.8 Å². The number of methoxy groups -OCH3 is 1. The van der Waals surface area contributed by atoms with Gasteiger partial charge in [-0.15, -0.1) is 0 Å². The van der Waals surface area contributed by atoms with Gasteiger partial charge in [0.05, 0.1) is 18.2 Å². The standard InChI is InChI=1S/C22H23NO5/c1-27-15-7-5-14(6-8-15)17-13-28-22-16(12-23-9-3-2-4-10-23)18(24)11-19(25)20(22)21(17)26/h5-8,11,13,24-25H,2-4,9-10,12H2,1H3. The van der Waals surface area contributed by atoms with Gasteiger partial charge in [-0.25, -0.2) is 0 Å². The Morgan fingerprint density at radius 3 is 2.46 bits per heavy atom. The number of piperidine rings is 1. The molecule has 146 valence electrons. The molecule has 1 fully saturated rings. The van der Waals surface area contributed by atoms with Crippen LogP contribution < -0.4 is 10.2 Å². The molecule has 0 spiro atoms. The highest BCUT2D eigenvalue weighted by atomic mass is 16.5. The van der Waals surface area contributed by atoms with Crippen molar-refractivity contribution in [3.05, 3.63) is 52.4 Å². The summed E-state index contributed by atoms with van der Waals surface area (Å²) in [6.45, 7) is 2.36. The summed E-state index contributed by atoms with van der Waals surface area (Å²) in [5.41, 5.74) is 1.46. The molecule has 0 radical (unpaired) electrons. The minimum Gasteiger partial charge on any atom is -0.507 e. The van der Waals surface area contributed by atoms with E-state index in [2.05, 4.69) is 4.90 Å². The lowest BCUT2D eigenvalue weighted by Gasteiger charge is -2.26. The van der Waals surface area contributed by atoms with Gasteiger partial charge >= 0.3 is 0 Å². The molecule has 4 rings (SSSR count). The van der Waals surface area contributed by atoms with E-state index in [0.29, 0.717) is 29.0 Å². The molecule has 0 amide bonds. The highest BCUT2D eigenvalue weighted by molar-refractivity contribution is 5.90. The molecule has 2 N–H and O–H groups in total. The van der Waals surface area contributed by atoms with Crippen molar-refractivity contribution in [2.24, 2.45) is 0 Å². The van der Waals surface area contributed by atoms with Gasteiger partial charge in [0.25, 0.3) is 0 Å². The van der Waals surface area contributed by atoms with Crippen LogP contribution in [0.25, 0.3) is 22.1 Å². The molecule has 28 heavy (non-hydrogen) atoms. The van der Waals surface area contributed by atoms with Crippen LogP contribution in [0.3, 0.4) is 0 Å². The molecule has 0 saturated carbocycles. The summed E-state index contributed by atoms with van der Waals surface area (Å²) in [7, 11) is 1.58. The summed E-state index contributed by atoms with van der Waals surface area (Å²) in [5, 5.41) is 20.9. The molecule has 1 aliphatic heterocycles. The Balaban J connectivity index is 1.82. The van der Waals surface area contributed by atoms with Crippen molar-refractivity contribution in [1.82, 2.24) is 4.90 Å². The molecule has 1 aromatic heterocycles. The Morgan fingerprint density at radius 2 is 1.79 bits per heavy atom. The fraction of sp³-hybridized carbons (Fsp3) is 0.318. The molecule has 2 heterocycles. The number of benzene rings is 2. The van der Waals surface area contributed by atoms with E-state index in [0.717, 1.165) is 25.9 Å². The van der Waals surface area contributed by atoms with Crippen molar-refractivity contribution < 1.29 is 19.4 Å². The Kier molecular flexibility index (Phi) is 4.96. The van der Waals surface area contributed by atoms with Crippen LogP contribution in [0.5, 0.6) is 17.2 Å². The van der Waals surface area contributed by atoms with Crippen molar-refractivity contribution in [2.45, 2.75) is 25.8 Å². The molecule has 0 atom stereocenters. The number of ether oxygens (including phenoxy) is 1. The van der Waals surface area contributed by atoms with Gasteiger partial charge in [-0.2, -0.15) is 0 Å². The minimum absolute atomic E-state index is 0.0593. The maximum atomic E-state index is 13.1. The third-order valence-corrected chi connectivity index (χ3v) is 5.34. The Bertz CT molecular complexity index is 1050. The maximum absolute atomic E-state index is 13.1. The second-order valence-corrected chi connectivity index (χ2v) is 7.14. The van der Waals surface area contributed by atoms with E-state index < -0.39 is 0 Å². The first-order valence-corrected chi connectivity index (χ1v) is 9.44. The van der Waals surface area contributed by atoms with Crippen LogP contribution in [0.2, 0.25) is 0 Å². The maximum Gasteiger partial charge on any atom is 0.204 e. The Morgan fingerprint density at radius 1 is 1.07 bits per heavy atom. The zero-order chi connectivity index (χ0) is 19.7. The lowest BCUT2D eigenvalue weighted by Crippen LogP contribution is -2.29. The van der Waals surface area contributed by atoms with Crippen LogP contribution >= 0.6 is 0 Å². The van der Waals surface area contributed by atoms with Gasteiger partial charge in [0.2, 0.25) is 5.43 Å². The van der Waals surface area contributed by atoms with Gasteiger partial charge in [0.15, 0.2) is 0 Å². The van der Waals surface area contributed by atoms with Gasteiger partial charge in [-0.1, -0.05) is 18.6 Å². The molecule has 6 nitrogen and oxygen atoms in total. The second-order valence-electron chi connectivity index (χ2n) is 7.14. The van der Waals surface area contributed by atoms with Crippen LogP contribution in [-0.2, 0) is 6.54 Å². The predicted molar refractivity (Wildman–Crippen MR) is 107 cm³/mol. The summed E-state index contributed by atoms with van der Waals surface area (Å²) < 4.78 is 10.9. The Hall–Kier alpha value is -2.99. The smallest absolute Gasteiger partial charge is 0.204 e. The number of phenolic OH excluding ortho intramolecular Hbond substituents is 2. The van der Waals surface area contributed by atoms with Crippen molar-refractivity contribution in [1.29, 1.82) is 0 Å². The van der Waals surface area contributed by atoms with E-state index in [9.17, 15) is 15.0 Å². The molecule has 0 unspecified atom stereocenters. The quantitative estimate of drug-likeness (QED) is 0.714. The summed E-state index contributed by atoms with van der Waals surface area (Å²) in [6, 6.07) is 8.29. The minimum atomic E-state index is -0.330. The second kappa shape index (κ2) is 7.56. The van der Waals surface area contributed by atoms with Crippen molar-refractivity contribution in [3.63, 3.8) is 0 Å². The molecule has 2 aromatic carbocycles. The van der Waals surface area contributed by atoms with Gasteiger partial charge < -0.3 is 19.4 Å². The lowest BCUT2D eigenvalue weighted by atomic mass is 10.0. The first kappa shape index (κ1) is 18.4. The zero-order valence-electron chi connectivity index (χ0n) is 15.8. The molecule has 0 bridgehead atoms. The SMILES string of the molecule is COc1ccc(-c2coc3c(CN4CCCCC4)c(O)cc(O)c3c2=O)cc1. The molecule has 1 aliphatic rings. The average Bonchev–Trinajstić information content (AvgIpc) is 2.72.